The van der Waals surface area contributed by atoms with Crippen molar-refractivity contribution in [3.05, 3.63) is 60.2 Å². The molecule has 1 aliphatic rings. The van der Waals surface area contributed by atoms with E-state index >= 15 is 0 Å². The summed E-state index contributed by atoms with van der Waals surface area (Å²) in [6.07, 6.45) is 2.84. The summed E-state index contributed by atoms with van der Waals surface area (Å²) in [6.45, 7) is 0.978. The number of hydrogen-bond donors (Lipinski definition) is 2. The third-order valence-corrected chi connectivity index (χ3v) is 4.49. The lowest BCUT2D eigenvalue weighted by Gasteiger charge is -2.22. The Balaban J connectivity index is 1.51. The van der Waals surface area contributed by atoms with Crippen molar-refractivity contribution in [3.63, 3.8) is 0 Å². The molecule has 2 aromatic carbocycles. The highest BCUT2D eigenvalue weighted by Crippen LogP contribution is 2.25. The first-order chi connectivity index (χ1) is 12.7. The Morgan fingerprint density at radius 1 is 1.12 bits per heavy atom. The van der Waals surface area contributed by atoms with Crippen LogP contribution in [0, 0.1) is 5.92 Å². The molecule has 1 heterocycles. The Bertz CT molecular complexity index is 736. The highest BCUT2D eigenvalue weighted by molar-refractivity contribution is 5.95. The van der Waals surface area contributed by atoms with Crippen LogP contribution in [0.2, 0.25) is 0 Å². The lowest BCUT2D eigenvalue weighted by Crippen LogP contribution is -2.40. The minimum Gasteiger partial charge on any atom is -0.491 e. The molecule has 1 fully saturated rings. The first-order valence-electron chi connectivity index (χ1n) is 9.05. The molecule has 5 heteroatoms. The SMILES string of the molecule is O=C1CC[C@@H](C(=O)Nc2ccccc2OCCCc2ccccc2)CN1. The minimum absolute atomic E-state index is 0.0104. The predicted molar refractivity (Wildman–Crippen MR) is 101 cm³/mol. The Hall–Kier alpha value is -2.82. The molecule has 1 aliphatic heterocycles. The molecular weight excluding hydrogens is 328 g/mol. The number of carbonyl (C=O) groups excluding carboxylic acids is 2. The average molecular weight is 352 g/mol. The summed E-state index contributed by atoms with van der Waals surface area (Å²) in [5.74, 6) is 0.411. The van der Waals surface area contributed by atoms with Crippen LogP contribution in [0.3, 0.4) is 0 Å². The number of piperidine rings is 1. The summed E-state index contributed by atoms with van der Waals surface area (Å²) in [7, 11) is 0. The van der Waals surface area contributed by atoms with E-state index in [1.54, 1.807) is 0 Å². The third kappa shape index (κ3) is 5.09. The standard InChI is InChI=1S/C21H24N2O3/c24-20-13-12-17(15-22-20)21(25)23-18-10-4-5-11-19(18)26-14-6-9-16-7-2-1-3-8-16/h1-5,7-8,10-11,17H,6,9,12-15H2,(H,22,24)(H,23,25)/t17-/m1/s1. The molecule has 136 valence electrons. The number of rotatable bonds is 7. The fourth-order valence-corrected chi connectivity index (χ4v) is 2.99. The Labute approximate surface area is 153 Å². The van der Waals surface area contributed by atoms with E-state index in [-0.39, 0.29) is 17.7 Å². The van der Waals surface area contributed by atoms with Crippen molar-refractivity contribution in [3.8, 4) is 5.75 Å². The van der Waals surface area contributed by atoms with Gasteiger partial charge in [-0.1, -0.05) is 42.5 Å². The van der Waals surface area contributed by atoms with Crippen LogP contribution in [0.5, 0.6) is 5.75 Å². The molecule has 2 N–H and O–H groups in total. The van der Waals surface area contributed by atoms with Gasteiger partial charge < -0.3 is 15.4 Å². The van der Waals surface area contributed by atoms with E-state index in [2.05, 4.69) is 22.8 Å². The molecule has 0 saturated carbocycles. The number of ether oxygens (including phenoxy) is 1. The van der Waals surface area contributed by atoms with Crippen molar-refractivity contribution in [1.82, 2.24) is 5.32 Å². The van der Waals surface area contributed by atoms with Gasteiger partial charge in [0.25, 0.3) is 0 Å². The van der Waals surface area contributed by atoms with Crippen LogP contribution in [-0.2, 0) is 16.0 Å². The zero-order chi connectivity index (χ0) is 18.2. The van der Waals surface area contributed by atoms with Crippen molar-refractivity contribution in [1.29, 1.82) is 0 Å². The molecule has 0 aromatic heterocycles. The zero-order valence-corrected chi connectivity index (χ0v) is 14.7. The van der Waals surface area contributed by atoms with Crippen LogP contribution in [0.1, 0.15) is 24.8 Å². The van der Waals surface area contributed by atoms with Crippen LogP contribution < -0.4 is 15.4 Å². The Morgan fingerprint density at radius 3 is 2.65 bits per heavy atom. The Kier molecular flexibility index (Phi) is 6.25. The smallest absolute Gasteiger partial charge is 0.229 e. The zero-order valence-electron chi connectivity index (χ0n) is 14.7. The molecule has 5 nitrogen and oxygen atoms in total. The normalized spacial score (nSPS) is 16.6. The molecule has 26 heavy (non-hydrogen) atoms. The predicted octanol–water partition coefficient (Wildman–Crippen LogP) is 3.16. The Morgan fingerprint density at radius 2 is 1.88 bits per heavy atom. The van der Waals surface area contributed by atoms with Gasteiger partial charge in [0.15, 0.2) is 0 Å². The van der Waals surface area contributed by atoms with E-state index in [1.165, 1.54) is 5.56 Å². The minimum atomic E-state index is -0.196. The van der Waals surface area contributed by atoms with Gasteiger partial charge in [-0.2, -0.15) is 0 Å². The average Bonchev–Trinajstić information content (AvgIpc) is 2.68. The summed E-state index contributed by atoms with van der Waals surface area (Å²) >= 11 is 0. The van der Waals surface area contributed by atoms with Crippen molar-refractivity contribution >= 4 is 17.5 Å². The van der Waals surface area contributed by atoms with Crippen LogP contribution in [-0.4, -0.2) is 25.0 Å². The van der Waals surface area contributed by atoms with Gasteiger partial charge in [-0.25, -0.2) is 0 Å². The summed E-state index contributed by atoms with van der Waals surface area (Å²) in [6, 6.07) is 17.8. The third-order valence-electron chi connectivity index (χ3n) is 4.49. The molecule has 0 spiro atoms. The molecule has 0 bridgehead atoms. The van der Waals surface area contributed by atoms with Gasteiger partial charge in [-0.3, -0.25) is 9.59 Å². The molecule has 1 saturated heterocycles. The lowest BCUT2D eigenvalue weighted by molar-refractivity contribution is -0.126. The number of aryl methyl sites for hydroxylation is 1. The summed E-state index contributed by atoms with van der Waals surface area (Å²) in [4.78, 5) is 23.7. The van der Waals surface area contributed by atoms with Crippen molar-refractivity contribution in [2.24, 2.45) is 5.92 Å². The molecule has 1 atom stereocenters. The van der Waals surface area contributed by atoms with Gasteiger partial charge in [-0.05, 0) is 37.0 Å². The van der Waals surface area contributed by atoms with Crippen molar-refractivity contribution in [2.75, 3.05) is 18.5 Å². The summed E-state index contributed by atoms with van der Waals surface area (Å²) in [5, 5.41) is 5.68. The fourth-order valence-electron chi connectivity index (χ4n) is 2.99. The molecule has 2 aromatic rings. The maximum absolute atomic E-state index is 12.4. The van der Waals surface area contributed by atoms with Gasteiger partial charge in [0, 0.05) is 13.0 Å². The second kappa shape index (κ2) is 9.04. The molecule has 0 unspecified atom stereocenters. The first-order valence-corrected chi connectivity index (χ1v) is 9.05. The van der Waals surface area contributed by atoms with E-state index in [0.717, 1.165) is 12.8 Å². The van der Waals surface area contributed by atoms with E-state index < -0.39 is 0 Å². The van der Waals surface area contributed by atoms with Crippen molar-refractivity contribution in [2.45, 2.75) is 25.7 Å². The van der Waals surface area contributed by atoms with Gasteiger partial charge in [0.1, 0.15) is 5.75 Å². The first kappa shape index (κ1) is 18.0. The van der Waals surface area contributed by atoms with Gasteiger partial charge >= 0.3 is 0 Å². The van der Waals surface area contributed by atoms with E-state index in [9.17, 15) is 9.59 Å². The topological polar surface area (TPSA) is 67.4 Å². The monoisotopic (exact) mass is 352 g/mol. The summed E-state index contributed by atoms with van der Waals surface area (Å²) in [5.41, 5.74) is 1.96. The van der Waals surface area contributed by atoms with E-state index in [0.29, 0.717) is 37.4 Å². The van der Waals surface area contributed by atoms with Crippen molar-refractivity contribution < 1.29 is 14.3 Å². The molecule has 2 amide bonds. The lowest BCUT2D eigenvalue weighted by atomic mass is 9.98. The second-order valence-corrected chi connectivity index (χ2v) is 6.46. The number of hydrogen-bond acceptors (Lipinski definition) is 3. The van der Waals surface area contributed by atoms with Crippen LogP contribution >= 0.6 is 0 Å². The maximum atomic E-state index is 12.4. The number of para-hydroxylation sites is 2. The van der Waals surface area contributed by atoms with Crippen LogP contribution in [0.15, 0.2) is 54.6 Å². The van der Waals surface area contributed by atoms with E-state index in [4.69, 9.17) is 4.74 Å². The van der Waals surface area contributed by atoms with Gasteiger partial charge in [0.2, 0.25) is 11.8 Å². The van der Waals surface area contributed by atoms with Gasteiger partial charge in [0.05, 0.1) is 18.2 Å². The highest BCUT2D eigenvalue weighted by atomic mass is 16.5. The van der Waals surface area contributed by atoms with Gasteiger partial charge in [-0.15, -0.1) is 0 Å². The number of amides is 2. The largest absolute Gasteiger partial charge is 0.491 e. The maximum Gasteiger partial charge on any atom is 0.229 e. The van der Waals surface area contributed by atoms with Crippen LogP contribution in [0.4, 0.5) is 5.69 Å². The number of benzene rings is 2. The molecule has 0 radical (unpaired) electrons. The highest BCUT2D eigenvalue weighted by Gasteiger charge is 2.25. The number of anilines is 1. The summed E-state index contributed by atoms with van der Waals surface area (Å²) < 4.78 is 5.88. The quantitative estimate of drug-likeness (QED) is 0.752. The number of carbonyl (C=O) groups is 2. The molecule has 3 rings (SSSR count). The van der Waals surface area contributed by atoms with E-state index in [1.807, 2.05) is 42.5 Å². The molecular formula is C21H24N2O3. The number of nitrogens with one attached hydrogen (secondary N) is 2. The molecule has 0 aliphatic carbocycles. The van der Waals surface area contributed by atoms with Crippen LogP contribution in [0.25, 0.3) is 0 Å². The second-order valence-electron chi connectivity index (χ2n) is 6.46. The fraction of sp³-hybridized carbons (Fsp3) is 0.333.